The molecule has 2 heterocycles. The van der Waals surface area contributed by atoms with Crippen LogP contribution in [-0.4, -0.2) is 132 Å². The van der Waals surface area contributed by atoms with Crippen LogP contribution in [-0.2, 0) is 43.2 Å². The Morgan fingerprint density at radius 1 is 0.635 bits per heavy atom. The van der Waals surface area contributed by atoms with Crippen molar-refractivity contribution in [1.82, 2.24) is 37.2 Å². The third-order valence-corrected chi connectivity index (χ3v) is 13.0. The lowest BCUT2D eigenvalue weighted by Crippen LogP contribution is -2.60. The molecular weight excluding hydrogens is 863 g/mol. The number of hydrogen-bond donors (Lipinski definition) is 13. The van der Waals surface area contributed by atoms with Gasteiger partial charge in [-0.1, -0.05) is 53.7 Å². The lowest BCUT2D eigenvalue weighted by molar-refractivity contribution is -0.136. The highest BCUT2D eigenvalue weighted by atomic mass is 33.1. The van der Waals surface area contributed by atoms with Crippen LogP contribution in [0.1, 0.15) is 89.9 Å². The molecule has 3 rings (SSSR count). The van der Waals surface area contributed by atoms with E-state index in [9.17, 15) is 43.2 Å². The Morgan fingerprint density at radius 2 is 1.17 bits per heavy atom. The molecular formula is C37H63N15O9S2. The maximum Gasteiger partial charge on any atom is 0.244 e. The molecule has 1 saturated carbocycles. The fraction of sp³-hybridized carbons (Fsp3) is 0.703. The molecule has 1 aliphatic carbocycles. The summed E-state index contributed by atoms with van der Waals surface area (Å²) >= 11 is 0. The Morgan fingerprint density at radius 3 is 1.70 bits per heavy atom. The largest absolute Gasteiger partial charge is 0.370 e. The molecule has 0 aromatic heterocycles. The number of carbonyl (C=O) groups is 9. The van der Waals surface area contributed by atoms with Crippen molar-refractivity contribution in [1.29, 1.82) is 0 Å². The predicted octanol–water partition coefficient (Wildman–Crippen LogP) is -4.60. The summed E-state index contributed by atoms with van der Waals surface area (Å²) in [7, 11) is 2.58. The first kappa shape index (κ1) is 51.8. The van der Waals surface area contributed by atoms with Crippen LogP contribution in [0.2, 0.25) is 0 Å². The maximum absolute atomic E-state index is 14.1. The van der Waals surface area contributed by atoms with Crippen LogP contribution >= 0.6 is 21.6 Å². The van der Waals surface area contributed by atoms with Gasteiger partial charge in [-0.15, -0.1) is 0 Å². The van der Waals surface area contributed by atoms with Crippen molar-refractivity contribution in [2.75, 3.05) is 24.6 Å². The molecule has 0 bridgehead atoms. The molecule has 26 heteroatoms. The summed E-state index contributed by atoms with van der Waals surface area (Å²) in [5, 5.41) is 18.4. The molecule has 0 spiro atoms. The van der Waals surface area contributed by atoms with Gasteiger partial charge in [0.2, 0.25) is 53.2 Å². The highest BCUT2D eigenvalue weighted by molar-refractivity contribution is 8.76. The first-order valence-electron chi connectivity index (χ1n) is 21.0. The summed E-state index contributed by atoms with van der Waals surface area (Å²) in [6.07, 6.45) is 4.73. The van der Waals surface area contributed by atoms with E-state index in [-0.39, 0.29) is 106 Å². The molecule has 2 aliphatic heterocycles. The number of nitrogens with one attached hydrogen (secondary N) is 7. The number of carbonyl (C=O) groups excluding carboxylic acids is 9. The lowest BCUT2D eigenvalue weighted by atomic mass is 9.84. The van der Waals surface area contributed by atoms with Crippen molar-refractivity contribution >= 4 is 86.7 Å². The van der Waals surface area contributed by atoms with Gasteiger partial charge in [-0.2, -0.15) is 0 Å². The predicted molar refractivity (Wildman–Crippen MR) is 236 cm³/mol. The third kappa shape index (κ3) is 19.2. The molecule has 63 heavy (non-hydrogen) atoms. The Kier molecular flexibility index (Phi) is 22.1. The van der Waals surface area contributed by atoms with Gasteiger partial charge in [0.15, 0.2) is 11.9 Å². The van der Waals surface area contributed by atoms with E-state index in [2.05, 4.69) is 47.2 Å². The van der Waals surface area contributed by atoms with Crippen LogP contribution in [0.15, 0.2) is 9.98 Å². The van der Waals surface area contributed by atoms with Gasteiger partial charge >= 0.3 is 0 Å². The van der Waals surface area contributed by atoms with Gasteiger partial charge in [0.05, 0.1) is 0 Å². The van der Waals surface area contributed by atoms with Gasteiger partial charge in [0.25, 0.3) is 0 Å². The lowest BCUT2D eigenvalue weighted by Gasteiger charge is -2.30. The van der Waals surface area contributed by atoms with Crippen LogP contribution in [0.3, 0.4) is 0 Å². The second kappa shape index (κ2) is 26.8. The van der Waals surface area contributed by atoms with E-state index < -0.39 is 89.6 Å². The fourth-order valence-corrected chi connectivity index (χ4v) is 9.48. The monoisotopic (exact) mass is 925 g/mol. The topological polar surface area (TPSA) is 419 Å². The molecule has 19 N–H and O–H groups in total. The van der Waals surface area contributed by atoms with Crippen LogP contribution in [0.5, 0.6) is 0 Å². The van der Waals surface area contributed by atoms with Gasteiger partial charge in [-0.3, -0.25) is 53.1 Å². The molecule has 3 aliphatic rings. The number of rotatable bonds is 24. The smallest absolute Gasteiger partial charge is 0.244 e. The van der Waals surface area contributed by atoms with E-state index in [0.29, 0.717) is 0 Å². The minimum Gasteiger partial charge on any atom is -0.370 e. The van der Waals surface area contributed by atoms with Crippen LogP contribution < -0.4 is 71.6 Å². The number of aliphatic imine (C=N–C) groups is 2. The first-order chi connectivity index (χ1) is 29.9. The maximum atomic E-state index is 14.1. The van der Waals surface area contributed by atoms with Crippen molar-refractivity contribution in [3.05, 3.63) is 0 Å². The highest BCUT2D eigenvalue weighted by Crippen LogP contribution is 2.28. The normalized spacial score (nSPS) is 20.9. The zero-order valence-corrected chi connectivity index (χ0v) is 36.8. The number of guanidine groups is 2. The third-order valence-electron chi connectivity index (χ3n) is 10.6. The van der Waals surface area contributed by atoms with Gasteiger partial charge in [0, 0.05) is 37.4 Å². The minimum absolute atomic E-state index is 0.0250. The number of amides is 9. The summed E-state index contributed by atoms with van der Waals surface area (Å²) in [4.78, 5) is 126. The van der Waals surface area contributed by atoms with Gasteiger partial charge in [-0.25, -0.2) is 0 Å². The summed E-state index contributed by atoms with van der Waals surface area (Å²) in [5.41, 5.74) is 32.7. The number of nitrogens with two attached hydrogens (primary N) is 6. The Bertz CT molecular complexity index is 1710. The zero-order chi connectivity index (χ0) is 46.5. The zero-order valence-electron chi connectivity index (χ0n) is 35.2. The van der Waals surface area contributed by atoms with E-state index >= 15 is 0 Å². The summed E-state index contributed by atoms with van der Waals surface area (Å²) < 4.78 is 0. The molecule has 9 amide bonds. The molecule has 24 nitrogen and oxygen atoms in total. The van der Waals surface area contributed by atoms with Crippen LogP contribution in [0.25, 0.3) is 0 Å². The van der Waals surface area contributed by atoms with Crippen molar-refractivity contribution in [3.8, 4) is 0 Å². The molecule has 352 valence electrons. The number of nitrogens with zero attached hydrogens (tertiary/aromatic N) is 2. The molecule has 0 aromatic rings. The first-order valence-corrected chi connectivity index (χ1v) is 23.5. The van der Waals surface area contributed by atoms with E-state index in [1.165, 1.54) is 21.6 Å². The quantitative estimate of drug-likeness (QED) is 0.0188. The van der Waals surface area contributed by atoms with E-state index in [4.69, 9.17) is 34.4 Å². The SMILES string of the molecule is NC(=O)CC[C@H](NC(=O)[C@@H](CCCN=C(N)N)NC(=O)[C@H](CCCN=C(N)N)NC(=O)[C@@H]1CCC(=O)N1)C(=O)N[C@@H](CC1CCCCC1)C(=O)N[C@H]1CSSC[C@@H](C(N)=O)NC1=O. The Hall–Kier alpha value is -5.53. The van der Waals surface area contributed by atoms with Crippen molar-refractivity contribution in [3.63, 3.8) is 0 Å². The number of hydrogen-bond acceptors (Lipinski definition) is 13. The van der Waals surface area contributed by atoms with Gasteiger partial charge < -0.3 is 71.6 Å². The van der Waals surface area contributed by atoms with Gasteiger partial charge in [0.1, 0.15) is 42.3 Å². The second-order valence-corrected chi connectivity index (χ2v) is 18.2. The van der Waals surface area contributed by atoms with E-state index in [0.717, 1.165) is 32.1 Å². The molecule has 2 saturated heterocycles. The van der Waals surface area contributed by atoms with E-state index in [1.807, 2.05) is 0 Å². The molecule has 7 atom stereocenters. The molecule has 3 fully saturated rings. The van der Waals surface area contributed by atoms with E-state index in [1.54, 1.807) is 0 Å². The highest BCUT2D eigenvalue weighted by Gasteiger charge is 2.36. The summed E-state index contributed by atoms with van der Waals surface area (Å²) in [5.74, 6) is -6.16. The molecule has 0 aromatic carbocycles. The molecule has 0 unspecified atom stereocenters. The van der Waals surface area contributed by atoms with Gasteiger partial charge in [-0.05, 0) is 50.9 Å². The van der Waals surface area contributed by atoms with Crippen molar-refractivity contribution in [2.24, 2.45) is 50.3 Å². The van der Waals surface area contributed by atoms with Crippen molar-refractivity contribution < 1.29 is 43.2 Å². The average Bonchev–Trinajstić information content (AvgIpc) is 3.67. The standard InChI is InChI=1S/C37H63N15O9S2/c38-27(53)12-10-23(33(59)50-24(16-19-6-2-1-3-7-19)34(60)52-26-18-63-62-17-25(29(39)55)51-35(26)61)49-31(57)21(9-5-15-45-37(42)43)47-30(56)20(8-4-14-44-36(40)41)48-32(58)22-11-13-28(54)46-22/h19-26H,1-18H2,(H2,38,53)(H2,39,55)(H,46,54)(H,47,56)(H,48,58)(H,49,57)(H,50,59)(H,51,61)(H,52,60)(H4,40,41,44)(H4,42,43,45)/t20-,21+,22-,23-,24-,25-,26-/m0/s1. The molecule has 0 radical (unpaired) electrons. The van der Waals surface area contributed by atoms with Crippen LogP contribution in [0, 0.1) is 5.92 Å². The van der Waals surface area contributed by atoms with Crippen molar-refractivity contribution in [2.45, 2.75) is 132 Å². The fourth-order valence-electron chi connectivity index (χ4n) is 7.14. The average molecular weight is 926 g/mol. The minimum atomic E-state index is -1.45. The number of primary amides is 2. The second-order valence-electron chi connectivity index (χ2n) is 15.6. The summed E-state index contributed by atoms with van der Waals surface area (Å²) in [6, 6.07) is -8.10. The van der Waals surface area contributed by atoms with Crippen LogP contribution in [0.4, 0.5) is 0 Å². The summed E-state index contributed by atoms with van der Waals surface area (Å²) in [6.45, 7) is 0.174. The Balaban J connectivity index is 1.86. The Labute approximate surface area is 373 Å².